The summed E-state index contributed by atoms with van der Waals surface area (Å²) in [6.45, 7) is 3.12. The molecule has 0 saturated heterocycles. The third-order valence-corrected chi connectivity index (χ3v) is 5.36. The van der Waals surface area contributed by atoms with Crippen molar-refractivity contribution in [2.75, 3.05) is 6.54 Å². The minimum Gasteiger partial charge on any atom is -0.392 e. The van der Waals surface area contributed by atoms with Gasteiger partial charge in [0.1, 0.15) is 0 Å². The van der Waals surface area contributed by atoms with Crippen LogP contribution in [-0.4, -0.2) is 23.8 Å². The molecule has 2 rings (SSSR count). The van der Waals surface area contributed by atoms with Gasteiger partial charge >= 0.3 is 0 Å². The molecule has 0 spiro atoms. The van der Waals surface area contributed by atoms with Crippen LogP contribution in [0.15, 0.2) is 0 Å². The van der Waals surface area contributed by atoms with Crippen LogP contribution in [-0.2, 0) is 0 Å². The summed E-state index contributed by atoms with van der Waals surface area (Å²) in [5.41, 5.74) is 0. The molecule has 0 aromatic heterocycles. The first-order valence-corrected chi connectivity index (χ1v) is 8.67. The van der Waals surface area contributed by atoms with Crippen molar-refractivity contribution in [2.24, 2.45) is 11.8 Å². The number of nitrogens with one attached hydrogen (secondary N) is 1. The molecule has 2 aliphatic rings. The largest absolute Gasteiger partial charge is 0.392 e. The van der Waals surface area contributed by atoms with Crippen molar-refractivity contribution < 1.29 is 5.11 Å². The van der Waals surface area contributed by atoms with Gasteiger partial charge < -0.3 is 10.4 Å². The van der Waals surface area contributed by atoms with E-state index in [1.54, 1.807) is 0 Å². The quantitative estimate of drug-likeness (QED) is 0.716. The third kappa shape index (κ3) is 5.43. The Balaban J connectivity index is 1.62. The number of hydrogen-bond donors (Lipinski definition) is 2. The Morgan fingerprint density at radius 3 is 2.16 bits per heavy atom. The van der Waals surface area contributed by atoms with Crippen LogP contribution < -0.4 is 5.32 Å². The van der Waals surface area contributed by atoms with E-state index in [4.69, 9.17) is 0 Å². The molecule has 1 unspecified atom stereocenters. The molecule has 0 aromatic rings. The van der Waals surface area contributed by atoms with Gasteiger partial charge in [-0.2, -0.15) is 0 Å². The van der Waals surface area contributed by atoms with Gasteiger partial charge in [-0.1, -0.05) is 51.4 Å². The summed E-state index contributed by atoms with van der Waals surface area (Å²) in [6, 6.07) is 0.580. The molecule has 2 heteroatoms. The Morgan fingerprint density at radius 1 is 0.947 bits per heavy atom. The van der Waals surface area contributed by atoms with E-state index in [-0.39, 0.29) is 6.10 Å². The van der Waals surface area contributed by atoms with Crippen LogP contribution in [0.2, 0.25) is 0 Å². The molecule has 0 heterocycles. The Hall–Kier alpha value is -0.0800. The summed E-state index contributed by atoms with van der Waals surface area (Å²) in [6.07, 6.45) is 14.8. The van der Waals surface area contributed by atoms with Crippen LogP contribution in [0.1, 0.15) is 77.6 Å². The fraction of sp³-hybridized carbons (Fsp3) is 1.00. The zero-order valence-corrected chi connectivity index (χ0v) is 12.7. The highest BCUT2D eigenvalue weighted by molar-refractivity contribution is 4.78. The molecule has 2 nitrogen and oxygen atoms in total. The van der Waals surface area contributed by atoms with Crippen LogP contribution >= 0.6 is 0 Å². The maximum atomic E-state index is 10.1. The van der Waals surface area contributed by atoms with E-state index in [1.807, 2.05) is 0 Å². The van der Waals surface area contributed by atoms with E-state index in [0.29, 0.717) is 6.04 Å². The van der Waals surface area contributed by atoms with Crippen LogP contribution in [0.4, 0.5) is 0 Å². The summed E-state index contributed by atoms with van der Waals surface area (Å²) in [7, 11) is 0. The number of aliphatic hydroxyl groups excluding tert-OH is 1. The van der Waals surface area contributed by atoms with Crippen molar-refractivity contribution in [3.63, 3.8) is 0 Å². The second-order valence-corrected chi connectivity index (χ2v) is 6.99. The summed E-state index contributed by atoms with van der Waals surface area (Å²) >= 11 is 0. The highest BCUT2D eigenvalue weighted by Crippen LogP contribution is 2.29. The molecule has 112 valence electrons. The molecular weight excluding hydrogens is 234 g/mol. The lowest BCUT2D eigenvalue weighted by Gasteiger charge is -2.25. The zero-order chi connectivity index (χ0) is 13.5. The van der Waals surface area contributed by atoms with Gasteiger partial charge in [-0.05, 0) is 38.0 Å². The minimum atomic E-state index is -0.128. The minimum absolute atomic E-state index is 0.128. The lowest BCUT2D eigenvalue weighted by molar-refractivity contribution is 0.133. The standard InChI is InChI=1S/C17H33NO/c1-14(16-10-4-2-3-5-11-16)18-13-17(19)12-15-8-6-7-9-15/h14-19H,2-13H2,1H3/t14-,17?/m1/s1. The van der Waals surface area contributed by atoms with E-state index in [2.05, 4.69) is 12.2 Å². The molecule has 2 fully saturated rings. The smallest absolute Gasteiger partial charge is 0.0667 e. The molecule has 2 saturated carbocycles. The molecule has 0 aromatic carbocycles. The van der Waals surface area contributed by atoms with Gasteiger partial charge in [0, 0.05) is 12.6 Å². The van der Waals surface area contributed by atoms with Crippen LogP contribution in [0.5, 0.6) is 0 Å². The average Bonchev–Trinajstić information content (AvgIpc) is 2.76. The Kier molecular flexibility index (Phi) is 6.66. The number of hydrogen-bond acceptors (Lipinski definition) is 2. The van der Waals surface area contributed by atoms with Crippen LogP contribution in [0.3, 0.4) is 0 Å². The monoisotopic (exact) mass is 267 g/mol. The van der Waals surface area contributed by atoms with Gasteiger partial charge in [-0.15, -0.1) is 0 Å². The Labute approximate surface area is 119 Å². The second kappa shape index (κ2) is 8.26. The Morgan fingerprint density at radius 2 is 1.53 bits per heavy atom. The van der Waals surface area contributed by atoms with Crippen molar-refractivity contribution in [1.29, 1.82) is 0 Å². The van der Waals surface area contributed by atoms with E-state index in [9.17, 15) is 5.11 Å². The predicted molar refractivity (Wildman–Crippen MR) is 81.2 cm³/mol. The molecule has 2 atom stereocenters. The van der Waals surface area contributed by atoms with E-state index in [1.165, 1.54) is 64.2 Å². The normalized spacial score (nSPS) is 26.2. The van der Waals surface area contributed by atoms with Gasteiger partial charge in [-0.25, -0.2) is 0 Å². The van der Waals surface area contributed by atoms with Gasteiger partial charge in [0.25, 0.3) is 0 Å². The van der Waals surface area contributed by atoms with E-state index >= 15 is 0 Å². The average molecular weight is 267 g/mol. The molecule has 0 radical (unpaired) electrons. The first-order chi connectivity index (χ1) is 9.25. The molecule has 0 aliphatic heterocycles. The van der Waals surface area contributed by atoms with Gasteiger partial charge in [0.05, 0.1) is 6.10 Å². The fourth-order valence-corrected chi connectivity index (χ4v) is 4.01. The molecule has 0 bridgehead atoms. The molecule has 2 N–H and O–H groups in total. The summed E-state index contributed by atoms with van der Waals surface area (Å²) in [5.74, 6) is 1.63. The topological polar surface area (TPSA) is 32.3 Å². The maximum absolute atomic E-state index is 10.1. The van der Waals surface area contributed by atoms with Crippen LogP contribution in [0.25, 0.3) is 0 Å². The second-order valence-electron chi connectivity index (χ2n) is 6.99. The third-order valence-electron chi connectivity index (χ3n) is 5.36. The summed E-state index contributed by atoms with van der Waals surface area (Å²) in [4.78, 5) is 0. The molecular formula is C17H33NO. The molecule has 19 heavy (non-hydrogen) atoms. The fourth-order valence-electron chi connectivity index (χ4n) is 4.01. The van der Waals surface area contributed by atoms with Crippen molar-refractivity contribution in [2.45, 2.75) is 89.7 Å². The summed E-state index contributed by atoms with van der Waals surface area (Å²) < 4.78 is 0. The Bertz CT molecular complexity index is 229. The zero-order valence-electron chi connectivity index (χ0n) is 12.7. The van der Waals surface area contributed by atoms with Crippen molar-refractivity contribution in [3.05, 3.63) is 0 Å². The van der Waals surface area contributed by atoms with Crippen molar-refractivity contribution >= 4 is 0 Å². The number of rotatable bonds is 6. The highest BCUT2D eigenvalue weighted by atomic mass is 16.3. The highest BCUT2D eigenvalue weighted by Gasteiger charge is 2.21. The van der Waals surface area contributed by atoms with Crippen molar-refractivity contribution in [1.82, 2.24) is 5.32 Å². The van der Waals surface area contributed by atoms with E-state index < -0.39 is 0 Å². The predicted octanol–water partition coefficient (Wildman–Crippen LogP) is 3.88. The van der Waals surface area contributed by atoms with Gasteiger partial charge in [-0.3, -0.25) is 0 Å². The van der Waals surface area contributed by atoms with Gasteiger partial charge in [0.15, 0.2) is 0 Å². The first-order valence-electron chi connectivity index (χ1n) is 8.67. The van der Waals surface area contributed by atoms with Crippen molar-refractivity contribution in [3.8, 4) is 0 Å². The van der Waals surface area contributed by atoms with E-state index in [0.717, 1.165) is 24.8 Å². The van der Waals surface area contributed by atoms with Crippen LogP contribution in [0, 0.1) is 11.8 Å². The first kappa shape index (κ1) is 15.3. The summed E-state index contributed by atoms with van der Waals surface area (Å²) in [5, 5.41) is 13.8. The maximum Gasteiger partial charge on any atom is 0.0667 e. The SMILES string of the molecule is C[C@@H](NCC(O)CC1CCCC1)C1CCCCCC1. The molecule has 0 amide bonds. The lowest BCUT2D eigenvalue weighted by atomic mass is 9.92. The molecule has 2 aliphatic carbocycles. The van der Waals surface area contributed by atoms with Gasteiger partial charge in [0.2, 0.25) is 0 Å². The lowest BCUT2D eigenvalue weighted by Crippen LogP contribution is -2.38. The number of aliphatic hydroxyl groups is 1.